The van der Waals surface area contributed by atoms with Gasteiger partial charge >= 0.3 is 0 Å². The Bertz CT molecular complexity index is 881. The second-order valence-corrected chi connectivity index (χ2v) is 7.77. The fourth-order valence-electron chi connectivity index (χ4n) is 3.14. The van der Waals surface area contributed by atoms with Gasteiger partial charge in [-0.1, -0.05) is 24.3 Å². The van der Waals surface area contributed by atoms with Crippen molar-refractivity contribution in [2.24, 2.45) is 0 Å². The predicted molar refractivity (Wildman–Crippen MR) is 93.4 cm³/mol. The number of ether oxygens (including phenoxy) is 2. The van der Waals surface area contributed by atoms with Crippen LogP contribution in [0.2, 0.25) is 0 Å². The molecule has 6 nitrogen and oxygen atoms in total. The van der Waals surface area contributed by atoms with Crippen LogP contribution in [0.1, 0.15) is 17.5 Å². The SMILES string of the molecule is COc1ccc(S(=O)(=O)NCC2(O)CCc3ccccc32)c(OC)c1. The number of sulfonamides is 1. The summed E-state index contributed by atoms with van der Waals surface area (Å²) in [5, 5.41) is 10.9. The van der Waals surface area contributed by atoms with Gasteiger partial charge in [0.2, 0.25) is 10.0 Å². The molecule has 0 aromatic heterocycles. The molecule has 0 heterocycles. The molecule has 0 saturated heterocycles. The van der Waals surface area contributed by atoms with Gasteiger partial charge in [-0.05, 0) is 36.1 Å². The summed E-state index contributed by atoms with van der Waals surface area (Å²) in [6.45, 7) is -0.0957. The normalized spacial score (nSPS) is 19.5. The average Bonchev–Trinajstić information content (AvgIpc) is 2.97. The van der Waals surface area contributed by atoms with Crippen LogP contribution < -0.4 is 14.2 Å². The molecule has 1 aliphatic carbocycles. The number of benzene rings is 2. The minimum atomic E-state index is -3.85. The maximum absolute atomic E-state index is 12.7. The van der Waals surface area contributed by atoms with Gasteiger partial charge in [0.05, 0.1) is 14.2 Å². The van der Waals surface area contributed by atoms with Crippen molar-refractivity contribution in [2.45, 2.75) is 23.3 Å². The molecule has 1 aliphatic rings. The Morgan fingerprint density at radius 3 is 2.64 bits per heavy atom. The zero-order chi connectivity index (χ0) is 18.1. The third-order valence-corrected chi connectivity index (χ3v) is 5.98. The molecule has 0 aliphatic heterocycles. The van der Waals surface area contributed by atoms with Crippen molar-refractivity contribution in [1.82, 2.24) is 4.72 Å². The Balaban J connectivity index is 1.84. The lowest BCUT2D eigenvalue weighted by Gasteiger charge is -2.24. The molecule has 134 valence electrons. The van der Waals surface area contributed by atoms with E-state index in [-0.39, 0.29) is 17.2 Å². The number of fused-ring (bicyclic) bond motifs is 1. The minimum Gasteiger partial charge on any atom is -0.497 e. The van der Waals surface area contributed by atoms with E-state index in [1.165, 1.54) is 26.4 Å². The van der Waals surface area contributed by atoms with E-state index in [9.17, 15) is 13.5 Å². The van der Waals surface area contributed by atoms with Crippen molar-refractivity contribution in [3.63, 3.8) is 0 Å². The lowest BCUT2D eigenvalue weighted by atomic mass is 9.96. The monoisotopic (exact) mass is 363 g/mol. The molecule has 0 spiro atoms. The van der Waals surface area contributed by atoms with Crippen LogP contribution in [0.3, 0.4) is 0 Å². The molecule has 2 aromatic rings. The average molecular weight is 363 g/mol. The number of hydrogen-bond donors (Lipinski definition) is 2. The summed E-state index contributed by atoms with van der Waals surface area (Å²) in [4.78, 5) is 0.00526. The summed E-state index contributed by atoms with van der Waals surface area (Å²) in [5.41, 5.74) is 0.620. The van der Waals surface area contributed by atoms with Crippen molar-refractivity contribution in [3.05, 3.63) is 53.6 Å². The van der Waals surface area contributed by atoms with Crippen LogP contribution in [0.15, 0.2) is 47.4 Å². The molecule has 2 N–H and O–H groups in total. The van der Waals surface area contributed by atoms with Crippen LogP contribution in [0.4, 0.5) is 0 Å². The van der Waals surface area contributed by atoms with Crippen LogP contribution in [-0.2, 0) is 22.0 Å². The van der Waals surface area contributed by atoms with E-state index in [1.54, 1.807) is 6.07 Å². The smallest absolute Gasteiger partial charge is 0.244 e. The van der Waals surface area contributed by atoms with Crippen molar-refractivity contribution in [3.8, 4) is 11.5 Å². The lowest BCUT2D eigenvalue weighted by molar-refractivity contribution is 0.0442. The third-order valence-electron chi connectivity index (χ3n) is 4.54. The molecule has 0 amide bonds. The van der Waals surface area contributed by atoms with E-state index >= 15 is 0 Å². The number of methoxy groups -OCH3 is 2. The largest absolute Gasteiger partial charge is 0.497 e. The Kier molecular flexibility index (Phi) is 4.73. The van der Waals surface area contributed by atoms with Crippen LogP contribution in [0.25, 0.3) is 0 Å². The molecule has 0 radical (unpaired) electrons. The van der Waals surface area contributed by atoms with Crippen molar-refractivity contribution in [2.75, 3.05) is 20.8 Å². The standard InChI is InChI=1S/C18H21NO5S/c1-23-14-7-8-17(16(11-14)24-2)25(21,22)19-12-18(20)10-9-13-5-3-4-6-15(13)18/h3-8,11,19-20H,9-10,12H2,1-2H3. The molecule has 1 atom stereocenters. The van der Waals surface area contributed by atoms with Gasteiger partial charge < -0.3 is 14.6 Å². The number of aryl methyl sites for hydroxylation is 1. The summed E-state index contributed by atoms with van der Waals surface area (Å²) in [6.07, 6.45) is 1.20. The van der Waals surface area contributed by atoms with Crippen LogP contribution in [0, 0.1) is 0 Å². The molecule has 0 fully saturated rings. The second-order valence-electron chi connectivity index (χ2n) is 6.03. The fourth-order valence-corrected chi connectivity index (χ4v) is 4.38. The number of aliphatic hydroxyl groups is 1. The highest BCUT2D eigenvalue weighted by Gasteiger charge is 2.37. The Hall–Kier alpha value is -2.09. The first-order valence-electron chi connectivity index (χ1n) is 7.92. The van der Waals surface area contributed by atoms with E-state index in [4.69, 9.17) is 9.47 Å². The number of rotatable bonds is 6. The summed E-state index contributed by atoms with van der Waals surface area (Å²) in [5.74, 6) is 0.685. The topological polar surface area (TPSA) is 84.9 Å². The predicted octanol–water partition coefficient (Wildman–Crippen LogP) is 1.82. The maximum Gasteiger partial charge on any atom is 0.244 e. The van der Waals surface area contributed by atoms with Crippen LogP contribution in [-0.4, -0.2) is 34.3 Å². The van der Waals surface area contributed by atoms with Gasteiger partial charge in [-0.25, -0.2) is 13.1 Å². The van der Waals surface area contributed by atoms with Crippen LogP contribution in [0.5, 0.6) is 11.5 Å². The Morgan fingerprint density at radius 2 is 1.92 bits per heavy atom. The highest BCUT2D eigenvalue weighted by Crippen LogP contribution is 2.36. The van der Waals surface area contributed by atoms with E-state index in [0.29, 0.717) is 12.2 Å². The summed E-state index contributed by atoms with van der Waals surface area (Å²) in [6, 6.07) is 12.0. The molecule has 7 heteroatoms. The highest BCUT2D eigenvalue weighted by atomic mass is 32.2. The Labute approximate surface area is 147 Å². The molecule has 25 heavy (non-hydrogen) atoms. The zero-order valence-corrected chi connectivity index (χ0v) is 15.0. The first-order valence-corrected chi connectivity index (χ1v) is 9.40. The van der Waals surface area contributed by atoms with E-state index in [2.05, 4.69) is 4.72 Å². The van der Waals surface area contributed by atoms with E-state index in [1.807, 2.05) is 24.3 Å². The number of hydrogen-bond acceptors (Lipinski definition) is 5. The summed E-state index contributed by atoms with van der Waals surface area (Å²) in [7, 11) is -0.955. The van der Waals surface area contributed by atoms with Crippen LogP contribution >= 0.6 is 0 Å². The summed E-state index contributed by atoms with van der Waals surface area (Å²) < 4.78 is 38.1. The van der Waals surface area contributed by atoms with Crippen molar-refractivity contribution >= 4 is 10.0 Å². The quantitative estimate of drug-likeness (QED) is 0.818. The van der Waals surface area contributed by atoms with Gasteiger partial charge in [0.25, 0.3) is 0 Å². The van der Waals surface area contributed by atoms with Gasteiger partial charge in [-0.3, -0.25) is 0 Å². The molecule has 1 unspecified atom stereocenters. The minimum absolute atomic E-state index is 0.00526. The van der Waals surface area contributed by atoms with E-state index < -0.39 is 15.6 Å². The molecular weight excluding hydrogens is 342 g/mol. The first kappa shape index (κ1) is 17.7. The van der Waals surface area contributed by atoms with Gasteiger partial charge in [0, 0.05) is 12.6 Å². The molecule has 0 bridgehead atoms. The van der Waals surface area contributed by atoms with E-state index in [0.717, 1.165) is 17.5 Å². The first-order chi connectivity index (χ1) is 11.9. The third kappa shape index (κ3) is 3.35. The number of nitrogens with one attached hydrogen (secondary N) is 1. The van der Waals surface area contributed by atoms with Gasteiger partial charge in [-0.15, -0.1) is 0 Å². The molecule has 0 saturated carbocycles. The van der Waals surface area contributed by atoms with Gasteiger partial charge in [0.1, 0.15) is 22.0 Å². The summed E-state index contributed by atoms with van der Waals surface area (Å²) >= 11 is 0. The van der Waals surface area contributed by atoms with Gasteiger partial charge in [0.15, 0.2) is 0 Å². The van der Waals surface area contributed by atoms with Gasteiger partial charge in [-0.2, -0.15) is 0 Å². The maximum atomic E-state index is 12.7. The van der Waals surface area contributed by atoms with Crippen molar-refractivity contribution < 1.29 is 23.0 Å². The zero-order valence-electron chi connectivity index (χ0n) is 14.2. The molecule has 2 aromatic carbocycles. The lowest BCUT2D eigenvalue weighted by Crippen LogP contribution is -2.39. The second kappa shape index (κ2) is 6.67. The fraction of sp³-hybridized carbons (Fsp3) is 0.333. The molecular formula is C18H21NO5S. The van der Waals surface area contributed by atoms with Crippen molar-refractivity contribution in [1.29, 1.82) is 0 Å². The molecule has 3 rings (SSSR count). The Morgan fingerprint density at radius 1 is 1.16 bits per heavy atom. The highest BCUT2D eigenvalue weighted by molar-refractivity contribution is 7.89.